The summed E-state index contributed by atoms with van der Waals surface area (Å²) in [7, 11) is 0. The maximum absolute atomic E-state index is 11.4. The molecule has 2 unspecified atom stereocenters. The van der Waals surface area contributed by atoms with E-state index in [-0.39, 0.29) is 17.9 Å². The van der Waals surface area contributed by atoms with Crippen LogP contribution in [-0.2, 0) is 4.79 Å². The maximum atomic E-state index is 11.4. The van der Waals surface area contributed by atoms with Gasteiger partial charge in [0.1, 0.15) is 0 Å². The number of rotatable bonds is 5. The van der Waals surface area contributed by atoms with Crippen molar-refractivity contribution in [2.75, 3.05) is 6.54 Å². The molecule has 0 aromatic heterocycles. The van der Waals surface area contributed by atoms with Crippen LogP contribution in [0.1, 0.15) is 33.1 Å². The summed E-state index contributed by atoms with van der Waals surface area (Å²) >= 11 is 0. The van der Waals surface area contributed by atoms with E-state index in [0.29, 0.717) is 18.9 Å². The average Bonchev–Trinajstić information content (AvgIpc) is 2.84. The number of hydrogen-bond acceptors (Lipinski definition) is 2. The van der Waals surface area contributed by atoms with E-state index in [0.717, 1.165) is 0 Å². The van der Waals surface area contributed by atoms with Crippen LogP contribution in [0.3, 0.4) is 0 Å². The van der Waals surface area contributed by atoms with E-state index < -0.39 is 0 Å². The average molecular weight is 185 g/mol. The van der Waals surface area contributed by atoms with Gasteiger partial charge in [-0.2, -0.15) is 0 Å². The summed E-state index contributed by atoms with van der Waals surface area (Å²) in [6.45, 7) is 4.30. The molecule has 3 heteroatoms. The number of aliphatic hydroxyl groups is 1. The minimum Gasteiger partial charge on any atom is -0.393 e. The molecule has 0 aromatic rings. The lowest BCUT2D eigenvalue weighted by Crippen LogP contribution is -2.32. The van der Waals surface area contributed by atoms with Crippen LogP contribution in [0, 0.1) is 11.8 Å². The Balaban J connectivity index is 2.09. The molecule has 1 aliphatic carbocycles. The molecular formula is C10H19NO2. The number of amides is 1. The first kappa shape index (κ1) is 10.5. The molecular weight excluding hydrogens is 166 g/mol. The predicted octanol–water partition coefficient (Wildman–Crippen LogP) is 0.920. The second kappa shape index (κ2) is 4.61. The number of hydrogen-bond donors (Lipinski definition) is 2. The fraction of sp³-hybridized carbons (Fsp3) is 0.900. The monoisotopic (exact) mass is 185 g/mol. The minimum absolute atomic E-state index is 0.142. The lowest BCUT2D eigenvalue weighted by molar-refractivity contribution is -0.125. The zero-order valence-electron chi connectivity index (χ0n) is 8.42. The van der Waals surface area contributed by atoms with Gasteiger partial charge in [0.25, 0.3) is 0 Å². The first-order chi connectivity index (χ1) is 6.11. The van der Waals surface area contributed by atoms with Crippen LogP contribution >= 0.6 is 0 Å². The standard InChI is InChI=1S/C10H19NO2/c1-7(12)5-6-11-10(13)8(2)9-3-4-9/h7-9,12H,3-6H2,1-2H3,(H,11,13). The normalized spacial score (nSPS) is 20.8. The van der Waals surface area contributed by atoms with Crippen molar-refractivity contribution in [2.24, 2.45) is 11.8 Å². The molecule has 76 valence electrons. The highest BCUT2D eigenvalue weighted by molar-refractivity contribution is 5.78. The Labute approximate surface area is 79.5 Å². The summed E-state index contributed by atoms with van der Waals surface area (Å²) in [6.07, 6.45) is 2.72. The van der Waals surface area contributed by atoms with Crippen molar-refractivity contribution in [3.63, 3.8) is 0 Å². The zero-order chi connectivity index (χ0) is 9.84. The topological polar surface area (TPSA) is 49.3 Å². The van der Waals surface area contributed by atoms with E-state index in [2.05, 4.69) is 5.32 Å². The van der Waals surface area contributed by atoms with Crippen LogP contribution in [-0.4, -0.2) is 23.7 Å². The van der Waals surface area contributed by atoms with Gasteiger partial charge >= 0.3 is 0 Å². The SMILES string of the molecule is CC(O)CCNC(=O)C(C)C1CC1. The number of carbonyl (C=O) groups is 1. The van der Waals surface area contributed by atoms with Gasteiger partial charge in [-0.15, -0.1) is 0 Å². The van der Waals surface area contributed by atoms with Gasteiger partial charge < -0.3 is 10.4 Å². The number of nitrogens with one attached hydrogen (secondary N) is 1. The van der Waals surface area contributed by atoms with Crippen molar-refractivity contribution < 1.29 is 9.90 Å². The van der Waals surface area contributed by atoms with Crippen molar-refractivity contribution in [3.8, 4) is 0 Å². The molecule has 0 aliphatic heterocycles. The van der Waals surface area contributed by atoms with Crippen molar-refractivity contribution in [1.29, 1.82) is 0 Å². The van der Waals surface area contributed by atoms with Gasteiger partial charge in [0.15, 0.2) is 0 Å². The van der Waals surface area contributed by atoms with Gasteiger partial charge in [-0.3, -0.25) is 4.79 Å². The molecule has 13 heavy (non-hydrogen) atoms. The highest BCUT2D eigenvalue weighted by atomic mass is 16.3. The van der Waals surface area contributed by atoms with Crippen molar-refractivity contribution in [1.82, 2.24) is 5.32 Å². The lowest BCUT2D eigenvalue weighted by atomic mass is 10.1. The third kappa shape index (κ3) is 3.77. The Hall–Kier alpha value is -0.570. The van der Waals surface area contributed by atoms with Gasteiger partial charge in [-0.25, -0.2) is 0 Å². The number of aliphatic hydroxyl groups excluding tert-OH is 1. The lowest BCUT2D eigenvalue weighted by Gasteiger charge is -2.11. The Kier molecular flexibility index (Phi) is 3.72. The van der Waals surface area contributed by atoms with Gasteiger partial charge in [0.2, 0.25) is 5.91 Å². The molecule has 1 amide bonds. The summed E-state index contributed by atoms with van der Waals surface area (Å²) in [5, 5.41) is 11.8. The van der Waals surface area contributed by atoms with Gasteiger partial charge in [0.05, 0.1) is 6.10 Å². The summed E-state index contributed by atoms with van der Waals surface area (Å²) in [5.74, 6) is 0.920. The van der Waals surface area contributed by atoms with Crippen LogP contribution in [0.15, 0.2) is 0 Å². The van der Waals surface area contributed by atoms with Crippen molar-refractivity contribution >= 4 is 5.91 Å². The summed E-state index contributed by atoms with van der Waals surface area (Å²) in [4.78, 5) is 11.4. The Bertz CT molecular complexity index is 176. The Morgan fingerprint density at radius 1 is 1.54 bits per heavy atom. The van der Waals surface area contributed by atoms with E-state index in [1.807, 2.05) is 6.92 Å². The van der Waals surface area contributed by atoms with Crippen LogP contribution in [0.25, 0.3) is 0 Å². The van der Waals surface area contributed by atoms with E-state index >= 15 is 0 Å². The van der Waals surface area contributed by atoms with Gasteiger partial charge in [-0.1, -0.05) is 6.92 Å². The van der Waals surface area contributed by atoms with E-state index in [1.54, 1.807) is 6.92 Å². The zero-order valence-corrected chi connectivity index (χ0v) is 8.42. The molecule has 0 bridgehead atoms. The molecule has 0 radical (unpaired) electrons. The second-order valence-corrected chi connectivity index (χ2v) is 4.05. The van der Waals surface area contributed by atoms with Crippen LogP contribution in [0.2, 0.25) is 0 Å². The third-order valence-electron chi connectivity index (χ3n) is 2.60. The molecule has 0 heterocycles. The molecule has 1 aliphatic rings. The van der Waals surface area contributed by atoms with Gasteiger partial charge in [-0.05, 0) is 32.1 Å². The van der Waals surface area contributed by atoms with E-state index in [9.17, 15) is 4.79 Å². The van der Waals surface area contributed by atoms with Crippen LogP contribution < -0.4 is 5.32 Å². The molecule has 1 fully saturated rings. The minimum atomic E-state index is -0.323. The fourth-order valence-electron chi connectivity index (χ4n) is 1.38. The van der Waals surface area contributed by atoms with E-state index in [4.69, 9.17) is 5.11 Å². The van der Waals surface area contributed by atoms with Crippen LogP contribution in [0.4, 0.5) is 0 Å². The van der Waals surface area contributed by atoms with Crippen molar-refractivity contribution in [2.45, 2.75) is 39.2 Å². The maximum Gasteiger partial charge on any atom is 0.223 e. The van der Waals surface area contributed by atoms with Crippen LogP contribution in [0.5, 0.6) is 0 Å². The van der Waals surface area contributed by atoms with Crippen molar-refractivity contribution in [3.05, 3.63) is 0 Å². The van der Waals surface area contributed by atoms with Gasteiger partial charge in [0, 0.05) is 12.5 Å². The molecule has 2 atom stereocenters. The Morgan fingerprint density at radius 2 is 2.15 bits per heavy atom. The smallest absolute Gasteiger partial charge is 0.223 e. The highest BCUT2D eigenvalue weighted by Crippen LogP contribution is 2.36. The predicted molar refractivity (Wildman–Crippen MR) is 51.2 cm³/mol. The Morgan fingerprint density at radius 3 is 2.62 bits per heavy atom. The van der Waals surface area contributed by atoms with E-state index in [1.165, 1.54) is 12.8 Å². The second-order valence-electron chi connectivity index (χ2n) is 4.05. The molecule has 1 saturated carbocycles. The first-order valence-corrected chi connectivity index (χ1v) is 5.07. The summed E-state index contributed by atoms with van der Waals surface area (Å²) in [5.41, 5.74) is 0. The molecule has 0 aromatic carbocycles. The molecule has 3 nitrogen and oxygen atoms in total. The summed E-state index contributed by atoms with van der Waals surface area (Å²) < 4.78 is 0. The number of carbonyl (C=O) groups excluding carboxylic acids is 1. The first-order valence-electron chi connectivity index (χ1n) is 5.07. The third-order valence-corrected chi connectivity index (χ3v) is 2.60. The highest BCUT2D eigenvalue weighted by Gasteiger charge is 2.32. The molecule has 2 N–H and O–H groups in total. The molecule has 1 rings (SSSR count). The largest absolute Gasteiger partial charge is 0.393 e. The quantitative estimate of drug-likeness (QED) is 0.669. The molecule has 0 saturated heterocycles. The fourth-order valence-corrected chi connectivity index (χ4v) is 1.38. The molecule has 0 spiro atoms. The summed E-state index contributed by atoms with van der Waals surface area (Å²) in [6, 6.07) is 0.